The van der Waals surface area contributed by atoms with Crippen LogP contribution in [-0.4, -0.2) is 51.6 Å². The summed E-state index contributed by atoms with van der Waals surface area (Å²) in [5.41, 5.74) is 0.405. The number of nitrogens with zero attached hydrogens (tertiary/aromatic N) is 4. The zero-order valence-electron chi connectivity index (χ0n) is 16.6. The lowest BCUT2D eigenvalue weighted by Gasteiger charge is -2.28. The molecular weight excluding hydrogens is 426 g/mol. The van der Waals surface area contributed by atoms with E-state index in [0.29, 0.717) is 53.5 Å². The van der Waals surface area contributed by atoms with Crippen LogP contribution in [0, 0.1) is 0 Å². The van der Waals surface area contributed by atoms with Crippen molar-refractivity contribution in [2.75, 3.05) is 37.0 Å². The molecule has 8 nitrogen and oxygen atoms in total. The van der Waals surface area contributed by atoms with E-state index in [2.05, 4.69) is 21.8 Å². The molecule has 1 saturated heterocycles. The number of thioether (sulfide) groups is 1. The van der Waals surface area contributed by atoms with E-state index in [1.807, 2.05) is 12.1 Å². The van der Waals surface area contributed by atoms with Crippen LogP contribution in [0.2, 0.25) is 5.02 Å². The Bertz CT molecular complexity index is 1160. The molecule has 0 bridgehead atoms. The van der Waals surface area contributed by atoms with Crippen LogP contribution in [0.3, 0.4) is 0 Å². The maximum absolute atomic E-state index is 12.8. The first-order chi connectivity index (χ1) is 14.6. The zero-order chi connectivity index (χ0) is 21.1. The van der Waals surface area contributed by atoms with E-state index in [-0.39, 0.29) is 6.54 Å². The third kappa shape index (κ3) is 4.38. The Morgan fingerprint density at radius 3 is 2.60 bits per heavy atom. The SMILES string of the molecule is CCCSc1nc(N2CCOCC2)c2[nH]c(=O)c(=O)n(Cc3ccc(Cl)cc3)c2n1. The van der Waals surface area contributed by atoms with Crippen molar-refractivity contribution >= 4 is 40.3 Å². The molecule has 158 valence electrons. The predicted molar refractivity (Wildman–Crippen MR) is 119 cm³/mol. The van der Waals surface area contributed by atoms with Gasteiger partial charge in [-0.1, -0.05) is 42.4 Å². The van der Waals surface area contributed by atoms with Crippen LogP contribution >= 0.6 is 23.4 Å². The Hall–Kier alpha value is -2.36. The second-order valence-corrected chi connectivity index (χ2v) is 8.45. The molecule has 0 atom stereocenters. The lowest BCUT2D eigenvalue weighted by molar-refractivity contribution is 0.122. The number of benzene rings is 1. The number of hydrogen-bond donors (Lipinski definition) is 1. The number of aromatic amines is 1. The lowest BCUT2D eigenvalue weighted by Crippen LogP contribution is -2.40. The van der Waals surface area contributed by atoms with Crippen LogP contribution in [0.5, 0.6) is 0 Å². The van der Waals surface area contributed by atoms with E-state index in [0.717, 1.165) is 17.7 Å². The summed E-state index contributed by atoms with van der Waals surface area (Å²) in [5, 5.41) is 1.19. The maximum Gasteiger partial charge on any atom is 0.318 e. The van der Waals surface area contributed by atoms with Crippen molar-refractivity contribution < 1.29 is 4.74 Å². The molecule has 4 rings (SSSR count). The number of anilines is 1. The van der Waals surface area contributed by atoms with Crippen LogP contribution in [0.25, 0.3) is 11.2 Å². The van der Waals surface area contributed by atoms with Gasteiger partial charge >= 0.3 is 11.1 Å². The number of aromatic nitrogens is 4. The summed E-state index contributed by atoms with van der Waals surface area (Å²) in [6, 6.07) is 7.18. The molecule has 3 aromatic rings. The molecule has 10 heteroatoms. The van der Waals surface area contributed by atoms with Gasteiger partial charge in [0.1, 0.15) is 5.52 Å². The number of halogens is 1. The van der Waals surface area contributed by atoms with Gasteiger partial charge in [0.05, 0.1) is 19.8 Å². The lowest BCUT2D eigenvalue weighted by atomic mass is 10.2. The summed E-state index contributed by atoms with van der Waals surface area (Å²) < 4.78 is 6.87. The Kier molecular flexibility index (Phi) is 6.40. The van der Waals surface area contributed by atoms with E-state index in [9.17, 15) is 9.59 Å². The molecule has 0 unspecified atom stereocenters. The molecule has 0 amide bonds. The number of morpholine rings is 1. The predicted octanol–water partition coefficient (Wildman–Crippen LogP) is 2.52. The van der Waals surface area contributed by atoms with E-state index >= 15 is 0 Å². The Morgan fingerprint density at radius 2 is 1.90 bits per heavy atom. The molecule has 1 aliphatic heterocycles. The van der Waals surface area contributed by atoms with Crippen LogP contribution < -0.4 is 16.0 Å². The molecule has 0 saturated carbocycles. The topological polar surface area (TPSA) is 93.1 Å². The van der Waals surface area contributed by atoms with E-state index in [1.165, 1.54) is 16.3 Å². The molecule has 0 radical (unpaired) electrons. The van der Waals surface area contributed by atoms with Crippen molar-refractivity contribution in [3.63, 3.8) is 0 Å². The number of ether oxygens (including phenoxy) is 1. The second-order valence-electron chi connectivity index (χ2n) is 6.95. The molecule has 1 aliphatic rings. The van der Waals surface area contributed by atoms with Crippen LogP contribution in [0.4, 0.5) is 5.82 Å². The van der Waals surface area contributed by atoms with Gasteiger partial charge in [0, 0.05) is 23.9 Å². The van der Waals surface area contributed by atoms with Crippen molar-refractivity contribution in [1.82, 2.24) is 19.5 Å². The van der Waals surface area contributed by atoms with Gasteiger partial charge in [0.2, 0.25) is 0 Å². The van der Waals surface area contributed by atoms with Crippen molar-refractivity contribution in [3.05, 3.63) is 55.6 Å². The first-order valence-corrected chi connectivity index (χ1v) is 11.2. The molecule has 2 aromatic heterocycles. The minimum absolute atomic E-state index is 0.216. The first kappa shape index (κ1) is 20.9. The highest BCUT2D eigenvalue weighted by molar-refractivity contribution is 7.99. The largest absolute Gasteiger partial charge is 0.378 e. The first-order valence-electron chi connectivity index (χ1n) is 9.81. The Morgan fingerprint density at radius 1 is 1.17 bits per heavy atom. The zero-order valence-corrected chi connectivity index (χ0v) is 18.1. The number of nitrogens with one attached hydrogen (secondary N) is 1. The number of rotatable bonds is 6. The second kappa shape index (κ2) is 9.20. The van der Waals surface area contributed by atoms with Crippen molar-refractivity contribution in [2.24, 2.45) is 0 Å². The standard InChI is InChI=1S/C20H22ClN5O3S/c1-2-11-30-20-23-16(25-7-9-29-10-8-25)15-17(24-20)26(19(28)18(27)22-15)12-13-3-5-14(21)6-4-13/h3-6H,2,7-12H2,1H3,(H,22,27). The van der Waals surface area contributed by atoms with Gasteiger partial charge in [-0.3, -0.25) is 14.2 Å². The number of H-pyrrole nitrogens is 1. The van der Waals surface area contributed by atoms with Gasteiger partial charge in [-0.05, 0) is 24.1 Å². The number of fused-ring (bicyclic) bond motifs is 1. The van der Waals surface area contributed by atoms with E-state index < -0.39 is 11.1 Å². The summed E-state index contributed by atoms with van der Waals surface area (Å²) in [6.45, 7) is 4.78. The average molecular weight is 448 g/mol. The minimum atomic E-state index is -0.691. The van der Waals surface area contributed by atoms with Gasteiger partial charge in [-0.25, -0.2) is 9.97 Å². The minimum Gasteiger partial charge on any atom is -0.378 e. The normalized spacial score (nSPS) is 14.4. The average Bonchev–Trinajstić information content (AvgIpc) is 2.77. The third-order valence-electron chi connectivity index (χ3n) is 4.78. The van der Waals surface area contributed by atoms with Gasteiger partial charge in [0.25, 0.3) is 0 Å². The molecule has 0 spiro atoms. The van der Waals surface area contributed by atoms with Crippen molar-refractivity contribution in [2.45, 2.75) is 25.0 Å². The quantitative estimate of drug-likeness (QED) is 0.352. The van der Waals surface area contributed by atoms with Gasteiger partial charge in [-0.2, -0.15) is 0 Å². The molecule has 3 heterocycles. The highest BCUT2D eigenvalue weighted by Gasteiger charge is 2.21. The molecule has 1 aromatic carbocycles. The van der Waals surface area contributed by atoms with Crippen LogP contribution in [-0.2, 0) is 11.3 Å². The fourth-order valence-corrected chi connectivity index (χ4v) is 4.11. The third-order valence-corrected chi connectivity index (χ3v) is 6.09. The van der Waals surface area contributed by atoms with Gasteiger partial charge < -0.3 is 14.6 Å². The van der Waals surface area contributed by atoms with Gasteiger partial charge in [0.15, 0.2) is 16.6 Å². The van der Waals surface area contributed by atoms with E-state index in [4.69, 9.17) is 21.3 Å². The summed E-state index contributed by atoms with van der Waals surface area (Å²) in [5.74, 6) is 1.49. The van der Waals surface area contributed by atoms with E-state index in [1.54, 1.807) is 12.1 Å². The van der Waals surface area contributed by atoms with Gasteiger partial charge in [-0.15, -0.1) is 0 Å². The number of hydrogen-bond acceptors (Lipinski definition) is 7. The molecule has 1 N–H and O–H groups in total. The Labute approximate surface area is 182 Å². The summed E-state index contributed by atoms with van der Waals surface area (Å²) >= 11 is 7.52. The highest BCUT2D eigenvalue weighted by atomic mass is 35.5. The monoisotopic (exact) mass is 447 g/mol. The van der Waals surface area contributed by atoms with Crippen LogP contribution in [0.15, 0.2) is 39.0 Å². The fraction of sp³-hybridized carbons (Fsp3) is 0.400. The highest BCUT2D eigenvalue weighted by Crippen LogP contribution is 2.26. The summed E-state index contributed by atoms with van der Waals surface area (Å²) in [6.07, 6.45) is 0.974. The molecule has 0 aliphatic carbocycles. The molecular formula is C20H22ClN5O3S. The smallest absolute Gasteiger partial charge is 0.318 e. The molecule has 30 heavy (non-hydrogen) atoms. The molecule has 1 fully saturated rings. The van der Waals surface area contributed by atoms with Crippen molar-refractivity contribution in [1.29, 1.82) is 0 Å². The fourth-order valence-electron chi connectivity index (χ4n) is 3.29. The van der Waals surface area contributed by atoms with Crippen LogP contribution in [0.1, 0.15) is 18.9 Å². The summed E-state index contributed by atoms with van der Waals surface area (Å²) in [7, 11) is 0. The van der Waals surface area contributed by atoms with Crippen molar-refractivity contribution in [3.8, 4) is 0 Å². The Balaban J connectivity index is 1.90. The summed E-state index contributed by atoms with van der Waals surface area (Å²) in [4.78, 5) is 39.4. The maximum atomic E-state index is 12.8.